The van der Waals surface area contributed by atoms with Crippen molar-refractivity contribution in [2.75, 3.05) is 24.5 Å². The average Bonchev–Trinajstić information content (AvgIpc) is 3.20. The van der Waals surface area contributed by atoms with Gasteiger partial charge in [0.15, 0.2) is 0 Å². The molecule has 0 aromatic heterocycles. The van der Waals surface area contributed by atoms with Crippen LogP contribution >= 0.6 is 0 Å². The fourth-order valence-electron chi connectivity index (χ4n) is 3.29. The Morgan fingerprint density at radius 1 is 1.12 bits per heavy atom. The van der Waals surface area contributed by atoms with Crippen LogP contribution in [0.5, 0.6) is 0 Å². The van der Waals surface area contributed by atoms with E-state index >= 15 is 0 Å². The van der Waals surface area contributed by atoms with Gasteiger partial charge in [-0.25, -0.2) is 0 Å². The van der Waals surface area contributed by atoms with Gasteiger partial charge in [0.2, 0.25) is 0 Å². The van der Waals surface area contributed by atoms with E-state index in [1.807, 2.05) is 18.2 Å². The van der Waals surface area contributed by atoms with E-state index in [0.29, 0.717) is 12.1 Å². The van der Waals surface area contributed by atoms with Gasteiger partial charge in [-0.05, 0) is 37.3 Å². The van der Waals surface area contributed by atoms with Gasteiger partial charge in [-0.1, -0.05) is 30.3 Å². The first-order valence-electron chi connectivity index (χ1n) is 9.00. The molecule has 3 rings (SSSR count). The Morgan fingerprint density at radius 2 is 1.85 bits per heavy atom. The quantitative estimate of drug-likeness (QED) is 0.469. The van der Waals surface area contributed by atoms with Gasteiger partial charge in [0.1, 0.15) is 0 Å². The van der Waals surface area contributed by atoms with Crippen LogP contribution in [0.3, 0.4) is 0 Å². The first-order valence-corrected chi connectivity index (χ1v) is 9.00. The Hall–Kier alpha value is -2.89. The van der Waals surface area contributed by atoms with Crippen LogP contribution in [0.25, 0.3) is 0 Å². The first-order chi connectivity index (χ1) is 12.6. The third-order valence-electron chi connectivity index (χ3n) is 4.65. The second-order valence-corrected chi connectivity index (χ2v) is 6.50. The van der Waals surface area contributed by atoms with Crippen LogP contribution in [-0.4, -0.2) is 30.5 Å². The Bertz CT molecular complexity index is 771. The summed E-state index contributed by atoms with van der Waals surface area (Å²) in [5.41, 5.74) is 2.35. The maximum atomic E-state index is 12.6. The van der Waals surface area contributed by atoms with Gasteiger partial charge >= 0.3 is 0 Å². The van der Waals surface area contributed by atoms with Crippen LogP contribution in [0, 0.1) is 10.1 Å². The fourth-order valence-corrected chi connectivity index (χ4v) is 3.29. The second-order valence-electron chi connectivity index (χ2n) is 6.50. The number of nitrogens with zero attached hydrogens (tertiary/aromatic N) is 2. The largest absolute Gasteiger partial charge is 0.371 e. The van der Waals surface area contributed by atoms with Crippen LogP contribution in [0.2, 0.25) is 0 Å². The van der Waals surface area contributed by atoms with Crippen LogP contribution in [0.4, 0.5) is 11.4 Å². The number of carbonyl (C=O) groups is 1. The maximum absolute atomic E-state index is 12.6. The zero-order valence-corrected chi connectivity index (χ0v) is 14.7. The third-order valence-corrected chi connectivity index (χ3v) is 4.65. The number of rotatable bonds is 7. The highest BCUT2D eigenvalue weighted by atomic mass is 16.6. The summed E-state index contributed by atoms with van der Waals surface area (Å²) in [6, 6.07) is 14.7. The number of nitro benzene ring substituents is 1. The number of aryl methyl sites for hydroxylation is 1. The molecule has 0 bridgehead atoms. The van der Waals surface area contributed by atoms with E-state index in [1.165, 1.54) is 17.7 Å². The van der Waals surface area contributed by atoms with Gasteiger partial charge in [-0.3, -0.25) is 14.9 Å². The summed E-state index contributed by atoms with van der Waals surface area (Å²) >= 11 is 0. The molecular formula is C20H23N3O3. The molecule has 0 atom stereocenters. The van der Waals surface area contributed by atoms with E-state index in [2.05, 4.69) is 22.3 Å². The summed E-state index contributed by atoms with van der Waals surface area (Å²) in [6.45, 7) is 2.30. The maximum Gasteiger partial charge on any atom is 0.270 e. The van der Waals surface area contributed by atoms with Crippen molar-refractivity contribution in [1.82, 2.24) is 5.32 Å². The summed E-state index contributed by atoms with van der Waals surface area (Å²) in [5, 5.41) is 14.0. The van der Waals surface area contributed by atoms with Gasteiger partial charge in [0, 0.05) is 31.8 Å². The molecule has 6 nitrogen and oxygen atoms in total. The topological polar surface area (TPSA) is 75.5 Å². The molecule has 0 saturated carbocycles. The van der Waals surface area contributed by atoms with Crippen molar-refractivity contribution in [1.29, 1.82) is 0 Å². The van der Waals surface area contributed by atoms with Gasteiger partial charge in [-0.15, -0.1) is 0 Å². The van der Waals surface area contributed by atoms with E-state index in [-0.39, 0.29) is 11.6 Å². The lowest BCUT2D eigenvalue weighted by Crippen LogP contribution is -2.28. The molecule has 0 spiro atoms. The number of benzene rings is 2. The monoisotopic (exact) mass is 353 g/mol. The molecule has 1 aliphatic rings. The molecule has 0 radical (unpaired) electrons. The number of anilines is 1. The van der Waals surface area contributed by atoms with Gasteiger partial charge in [0.25, 0.3) is 11.6 Å². The summed E-state index contributed by atoms with van der Waals surface area (Å²) < 4.78 is 0. The first kappa shape index (κ1) is 17.9. The second kappa shape index (κ2) is 8.47. The smallest absolute Gasteiger partial charge is 0.270 e. The molecule has 2 aromatic rings. The van der Waals surface area contributed by atoms with E-state index in [1.54, 1.807) is 6.07 Å². The minimum Gasteiger partial charge on any atom is -0.371 e. The molecule has 26 heavy (non-hydrogen) atoms. The van der Waals surface area contributed by atoms with Crippen molar-refractivity contribution in [2.45, 2.75) is 25.7 Å². The lowest BCUT2D eigenvalue weighted by Gasteiger charge is -2.20. The molecule has 1 fully saturated rings. The zero-order chi connectivity index (χ0) is 18.4. The SMILES string of the molecule is O=C(NCCCc1ccccc1)c1cc([N+](=O)[O-])ccc1N1CCCC1. The molecule has 2 aromatic carbocycles. The standard InChI is InChI=1S/C20H23N3O3/c24-20(21-12-6-9-16-7-2-1-3-8-16)18-15-17(23(25)26)10-11-19(18)22-13-4-5-14-22/h1-3,7-8,10-11,15H,4-6,9,12-14H2,(H,21,24). The van der Waals surface area contributed by atoms with E-state index < -0.39 is 4.92 Å². The molecule has 1 amide bonds. The van der Waals surface area contributed by atoms with Crippen molar-refractivity contribution in [2.24, 2.45) is 0 Å². The summed E-state index contributed by atoms with van der Waals surface area (Å²) in [7, 11) is 0. The molecule has 1 aliphatic heterocycles. The van der Waals surface area contributed by atoms with Crippen LogP contribution in [0.1, 0.15) is 35.2 Å². The predicted molar refractivity (Wildman–Crippen MR) is 102 cm³/mol. The predicted octanol–water partition coefficient (Wildman–Crippen LogP) is 3.56. The molecule has 1 N–H and O–H groups in total. The van der Waals surface area contributed by atoms with E-state index in [4.69, 9.17) is 0 Å². The van der Waals surface area contributed by atoms with Crippen LogP contribution in [0.15, 0.2) is 48.5 Å². The summed E-state index contributed by atoms with van der Waals surface area (Å²) in [5.74, 6) is -0.247. The van der Waals surface area contributed by atoms with E-state index in [0.717, 1.165) is 44.5 Å². The Balaban J connectivity index is 1.66. The van der Waals surface area contributed by atoms with Crippen molar-refractivity contribution in [3.05, 3.63) is 69.8 Å². The van der Waals surface area contributed by atoms with Crippen molar-refractivity contribution in [3.63, 3.8) is 0 Å². The number of hydrogen-bond acceptors (Lipinski definition) is 4. The number of nitro groups is 1. The lowest BCUT2D eigenvalue weighted by molar-refractivity contribution is -0.384. The fraction of sp³-hybridized carbons (Fsp3) is 0.350. The zero-order valence-electron chi connectivity index (χ0n) is 14.7. The summed E-state index contributed by atoms with van der Waals surface area (Å²) in [4.78, 5) is 25.4. The molecule has 1 heterocycles. The summed E-state index contributed by atoms with van der Waals surface area (Å²) in [6.07, 6.45) is 3.86. The molecule has 0 aliphatic carbocycles. The molecule has 136 valence electrons. The number of carbonyl (C=O) groups excluding carboxylic acids is 1. The number of amides is 1. The minimum atomic E-state index is -0.458. The highest BCUT2D eigenvalue weighted by molar-refractivity contribution is 6.00. The van der Waals surface area contributed by atoms with Crippen molar-refractivity contribution in [3.8, 4) is 0 Å². The van der Waals surface area contributed by atoms with Crippen LogP contribution < -0.4 is 10.2 Å². The lowest BCUT2D eigenvalue weighted by atomic mass is 10.1. The highest BCUT2D eigenvalue weighted by Gasteiger charge is 2.22. The van der Waals surface area contributed by atoms with E-state index in [9.17, 15) is 14.9 Å². The molecular weight excluding hydrogens is 330 g/mol. The highest BCUT2D eigenvalue weighted by Crippen LogP contribution is 2.28. The van der Waals surface area contributed by atoms with Crippen molar-refractivity contribution < 1.29 is 9.72 Å². The number of hydrogen-bond donors (Lipinski definition) is 1. The number of nitrogens with one attached hydrogen (secondary N) is 1. The average molecular weight is 353 g/mol. The van der Waals surface area contributed by atoms with Gasteiger partial charge < -0.3 is 10.2 Å². The van der Waals surface area contributed by atoms with Crippen molar-refractivity contribution >= 4 is 17.3 Å². The van der Waals surface area contributed by atoms with Gasteiger partial charge in [-0.2, -0.15) is 0 Å². The third kappa shape index (κ3) is 4.39. The van der Waals surface area contributed by atoms with Crippen LogP contribution in [-0.2, 0) is 6.42 Å². The Labute approximate surface area is 153 Å². The molecule has 0 unspecified atom stereocenters. The molecule has 6 heteroatoms. The normalized spacial score (nSPS) is 13.6. The van der Waals surface area contributed by atoms with Gasteiger partial charge in [0.05, 0.1) is 16.2 Å². The minimum absolute atomic E-state index is 0.0533. The number of non-ortho nitro benzene ring substituents is 1. The Kier molecular flexibility index (Phi) is 5.84. The Morgan fingerprint density at radius 3 is 2.54 bits per heavy atom. The molecule has 1 saturated heterocycles.